The number of benzene rings is 2. The van der Waals surface area contributed by atoms with Crippen LogP contribution in [0.3, 0.4) is 0 Å². The molecule has 19 heavy (non-hydrogen) atoms. The lowest BCUT2D eigenvalue weighted by Gasteiger charge is -2.17. The molecule has 0 saturated heterocycles. The number of methoxy groups -OCH3 is 1. The molecule has 0 radical (unpaired) electrons. The van der Waals surface area contributed by atoms with Gasteiger partial charge in [-0.2, -0.15) is 0 Å². The maximum atomic E-state index is 9.73. The SMILES string of the molecule is COc1ccccc1C(C)NCc1ccccc1O. The van der Waals surface area contributed by atoms with E-state index >= 15 is 0 Å². The van der Waals surface area contributed by atoms with E-state index in [4.69, 9.17) is 4.74 Å². The van der Waals surface area contributed by atoms with E-state index in [1.807, 2.05) is 42.5 Å². The molecule has 3 heteroatoms. The molecule has 0 heterocycles. The zero-order valence-electron chi connectivity index (χ0n) is 11.3. The summed E-state index contributed by atoms with van der Waals surface area (Å²) < 4.78 is 5.35. The molecule has 0 aliphatic rings. The van der Waals surface area contributed by atoms with Crippen LogP contribution in [0, 0.1) is 0 Å². The third-order valence-electron chi connectivity index (χ3n) is 3.20. The Hall–Kier alpha value is -2.00. The van der Waals surface area contributed by atoms with Crippen molar-refractivity contribution in [1.82, 2.24) is 5.32 Å². The summed E-state index contributed by atoms with van der Waals surface area (Å²) in [6.07, 6.45) is 0. The van der Waals surface area contributed by atoms with E-state index in [-0.39, 0.29) is 6.04 Å². The lowest BCUT2D eigenvalue weighted by Crippen LogP contribution is -2.18. The minimum absolute atomic E-state index is 0.149. The summed E-state index contributed by atoms with van der Waals surface area (Å²) in [6, 6.07) is 15.5. The van der Waals surface area contributed by atoms with Crippen LogP contribution in [0.4, 0.5) is 0 Å². The number of hydrogen-bond acceptors (Lipinski definition) is 3. The van der Waals surface area contributed by atoms with Crippen LogP contribution in [0.25, 0.3) is 0 Å². The Bertz CT molecular complexity index is 540. The van der Waals surface area contributed by atoms with Crippen LogP contribution < -0.4 is 10.1 Å². The molecule has 0 spiro atoms. The van der Waals surface area contributed by atoms with Gasteiger partial charge in [0.25, 0.3) is 0 Å². The number of para-hydroxylation sites is 2. The highest BCUT2D eigenvalue weighted by Crippen LogP contribution is 2.25. The van der Waals surface area contributed by atoms with Crippen molar-refractivity contribution < 1.29 is 9.84 Å². The molecule has 100 valence electrons. The van der Waals surface area contributed by atoms with Crippen molar-refractivity contribution in [1.29, 1.82) is 0 Å². The number of rotatable bonds is 5. The Balaban J connectivity index is 2.05. The second-order valence-corrected chi connectivity index (χ2v) is 4.47. The molecule has 2 N–H and O–H groups in total. The molecule has 2 rings (SSSR count). The van der Waals surface area contributed by atoms with Crippen molar-refractivity contribution in [2.45, 2.75) is 19.5 Å². The quantitative estimate of drug-likeness (QED) is 0.864. The molecular formula is C16H19NO2. The van der Waals surface area contributed by atoms with Gasteiger partial charge in [0.2, 0.25) is 0 Å². The number of ether oxygens (including phenoxy) is 1. The zero-order chi connectivity index (χ0) is 13.7. The molecule has 0 fully saturated rings. The standard InChI is InChI=1S/C16H19NO2/c1-12(14-8-4-6-10-16(14)19-2)17-11-13-7-3-5-9-15(13)18/h3-10,12,17-18H,11H2,1-2H3. The van der Waals surface area contributed by atoms with Crippen LogP contribution >= 0.6 is 0 Å². The molecule has 0 aromatic heterocycles. The van der Waals surface area contributed by atoms with Crippen LogP contribution in [0.15, 0.2) is 48.5 Å². The molecule has 2 aromatic rings. The molecular weight excluding hydrogens is 238 g/mol. The van der Waals surface area contributed by atoms with E-state index in [9.17, 15) is 5.11 Å². The topological polar surface area (TPSA) is 41.5 Å². The van der Waals surface area contributed by atoms with E-state index in [1.165, 1.54) is 0 Å². The van der Waals surface area contributed by atoms with Crippen LogP contribution in [0.2, 0.25) is 0 Å². The molecule has 3 nitrogen and oxygen atoms in total. The molecule has 0 amide bonds. The van der Waals surface area contributed by atoms with E-state index in [0.717, 1.165) is 16.9 Å². The number of nitrogens with one attached hydrogen (secondary N) is 1. The van der Waals surface area contributed by atoms with Crippen LogP contribution in [0.5, 0.6) is 11.5 Å². The first kappa shape index (κ1) is 13.4. The van der Waals surface area contributed by atoms with E-state index in [1.54, 1.807) is 13.2 Å². The predicted molar refractivity (Wildman–Crippen MR) is 76.4 cm³/mol. The summed E-state index contributed by atoms with van der Waals surface area (Å²) in [5, 5.41) is 13.1. The highest BCUT2D eigenvalue weighted by molar-refractivity contribution is 5.36. The first-order valence-electron chi connectivity index (χ1n) is 6.35. The fourth-order valence-corrected chi connectivity index (χ4v) is 2.06. The number of hydrogen-bond donors (Lipinski definition) is 2. The minimum atomic E-state index is 0.149. The minimum Gasteiger partial charge on any atom is -0.508 e. The summed E-state index contributed by atoms with van der Waals surface area (Å²) in [7, 11) is 1.68. The predicted octanol–water partition coefficient (Wildman–Crippen LogP) is 3.25. The van der Waals surface area contributed by atoms with Crippen molar-refractivity contribution in [2.24, 2.45) is 0 Å². The summed E-state index contributed by atoms with van der Waals surface area (Å²) >= 11 is 0. The fraction of sp³-hybridized carbons (Fsp3) is 0.250. The molecule has 0 aliphatic carbocycles. The molecule has 0 aliphatic heterocycles. The highest BCUT2D eigenvalue weighted by Gasteiger charge is 2.10. The summed E-state index contributed by atoms with van der Waals surface area (Å²) in [4.78, 5) is 0. The molecule has 0 saturated carbocycles. The third-order valence-corrected chi connectivity index (χ3v) is 3.20. The van der Waals surface area contributed by atoms with Gasteiger partial charge in [-0.25, -0.2) is 0 Å². The molecule has 2 aromatic carbocycles. The van der Waals surface area contributed by atoms with Gasteiger partial charge in [-0.15, -0.1) is 0 Å². The summed E-state index contributed by atoms with van der Waals surface area (Å²) in [5.74, 6) is 1.20. The lowest BCUT2D eigenvalue weighted by molar-refractivity contribution is 0.401. The first-order valence-corrected chi connectivity index (χ1v) is 6.35. The third kappa shape index (κ3) is 3.26. The molecule has 1 unspecified atom stereocenters. The van der Waals surface area contributed by atoms with Gasteiger partial charge < -0.3 is 15.2 Å². The molecule has 1 atom stereocenters. The smallest absolute Gasteiger partial charge is 0.123 e. The highest BCUT2D eigenvalue weighted by atomic mass is 16.5. The van der Waals surface area contributed by atoms with Gasteiger partial charge in [0.15, 0.2) is 0 Å². The van der Waals surface area contributed by atoms with Crippen molar-refractivity contribution in [2.75, 3.05) is 7.11 Å². The van der Waals surface area contributed by atoms with Gasteiger partial charge in [0, 0.05) is 23.7 Å². The van der Waals surface area contributed by atoms with Gasteiger partial charge in [-0.05, 0) is 19.1 Å². The van der Waals surface area contributed by atoms with Crippen LogP contribution in [0.1, 0.15) is 24.1 Å². The Kier molecular flexibility index (Phi) is 4.42. The maximum Gasteiger partial charge on any atom is 0.123 e. The summed E-state index contributed by atoms with van der Waals surface area (Å²) in [6.45, 7) is 2.70. The van der Waals surface area contributed by atoms with Crippen molar-refractivity contribution in [3.8, 4) is 11.5 Å². The largest absolute Gasteiger partial charge is 0.508 e. The molecule has 0 bridgehead atoms. The van der Waals surface area contributed by atoms with Gasteiger partial charge in [0.1, 0.15) is 11.5 Å². The normalized spacial score (nSPS) is 12.1. The van der Waals surface area contributed by atoms with Gasteiger partial charge in [0.05, 0.1) is 7.11 Å². The number of phenols is 1. The van der Waals surface area contributed by atoms with Gasteiger partial charge in [-0.1, -0.05) is 36.4 Å². The van der Waals surface area contributed by atoms with E-state index in [0.29, 0.717) is 12.3 Å². The van der Waals surface area contributed by atoms with Crippen molar-refractivity contribution in [3.63, 3.8) is 0 Å². The average molecular weight is 257 g/mol. The van der Waals surface area contributed by atoms with Crippen LogP contribution in [-0.2, 0) is 6.54 Å². The zero-order valence-corrected chi connectivity index (χ0v) is 11.3. The fourth-order valence-electron chi connectivity index (χ4n) is 2.06. The van der Waals surface area contributed by atoms with Crippen molar-refractivity contribution >= 4 is 0 Å². The number of phenolic OH excluding ortho intramolecular Hbond substituents is 1. The van der Waals surface area contributed by atoms with Gasteiger partial charge in [-0.3, -0.25) is 0 Å². The van der Waals surface area contributed by atoms with Crippen molar-refractivity contribution in [3.05, 3.63) is 59.7 Å². The maximum absolute atomic E-state index is 9.73. The Morgan fingerprint density at radius 3 is 2.53 bits per heavy atom. The van der Waals surface area contributed by atoms with E-state index in [2.05, 4.69) is 12.2 Å². The van der Waals surface area contributed by atoms with Crippen LogP contribution in [-0.4, -0.2) is 12.2 Å². The second-order valence-electron chi connectivity index (χ2n) is 4.47. The Morgan fingerprint density at radius 1 is 1.11 bits per heavy atom. The lowest BCUT2D eigenvalue weighted by atomic mass is 10.1. The average Bonchev–Trinajstić information content (AvgIpc) is 2.46. The Labute approximate surface area is 113 Å². The Morgan fingerprint density at radius 2 is 1.79 bits per heavy atom. The van der Waals surface area contributed by atoms with Gasteiger partial charge >= 0.3 is 0 Å². The van der Waals surface area contributed by atoms with E-state index < -0.39 is 0 Å². The second kappa shape index (κ2) is 6.25. The number of aromatic hydroxyl groups is 1. The monoisotopic (exact) mass is 257 g/mol. The first-order chi connectivity index (χ1) is 9.22. The summed E-state index contributed by atoms with van der Waals surface area (Å²) in [5.41, 5.74) is 2.00.